The molecule has 1 aliphatic heterocycles. The van der Waals surface area contributed by atoms with Crippen LogP contribution in [-0.2, 0) is 14.3 Å². The number of methoxy groups -OCH3 is 1. The zero-order chi connectivity index (χ0) is 15.2. The van der Waals surface area contributed by atoms with Gasteiger partial charge in [-0.1, -0.05) is 0 Å². The van der Waals surface area contributed by atoms with Crippen LogP contribution >= 0.6 is 0 Å². The van der Waals surface area contributed by atoms with Crippen molar-refractivity contribution in [3.05, 3.63) is 0 Å². The van der Waals surface area contributed by atoms with Gasteiger partial charge in [-0.15, -0.1) is 0 Å². The highest BCUT2D eigenvalue weighted by atomic mass is 16.5. The minimum absolute atomic E-state index is 0.00888. The van der Waals surface area contributed by atoms with Gasteiger partial charge >= 0.3 is 0 Å². The third kappa shape index (κ3) is 5.46. The molecule has 0 bridgehead atoms. The van der Waals surface area contributed by atoms with Crippen molar-refractivity contribution in [3.63, 3.8) is 0 Å². The number of hydrogen-bond acceptors (Lipinski definition) is 4. The molecular weight excluding hydrogens is 260 g/mol. The van der Waals surface area contributed by atoms with Gasteiger partial charge in [0.25, 0.3) is 0 Å². The van der Waals surface area contributed by atoms with Crippen LogP contribution in [0.15, 0.2) is 0 Å². The van der Waals surface area contributed by atoms with E-state index >= 15 is 0 Å². The van der Waals surface area contributed by atoms with Gasteiger partial charge in [-0.2, -0.15) is 0 Å². The van der Waals surface area contributed by atoms with Gasteiger partial charge in [0.05, 0.1) is 11.5 Å². The maximum atomic E-state index is 12.1. The number of piperidine rings is 1. The van der Waals surface area contributed by atoms with Crippen LogP contribution in [0, 0.1) is 5.92 Å². The number of ether oxygens (including phenoxy) is 1. The second-order valence-electron chi connectivity index (χ2n) is 5.76. The fraction of sp³-hybridized carbons (Fsp3) is 0.857. The highest BCUT2D eigenvalue weighted by molar-refractivity contribution is 5.80. The Balaban J connectivity index is 2.40. The Morgan fingerprint density at radius 2 is 2.20 bits per heavy atom. The molecule has 2 atom stereocenters. The number of nitrogens with zero attached hydrogens (tertiary/aromatic N) is 1. The van der Waals surface area contributed by atoms with Gasteiger partial charge in [-0.05, 0) is 19.8 Å². The highest BCUT2D eigenvalue weighted by Gasteiger charge is 2.28. The van der Waals surface area contributed by atoms with Crippen molar-refractivity contribution in [1.82, 2.24) is 10.2 Å². The van der Waals surface area contributed by atoms with E-state index in [0.29, 0.717) is 19.6 Å². The molecular formula is C14H26N2O4. The van der Waals surface area contributed by atoms with Gasteiger partial charge in [-0.25, -0.2) is 0 Å². The molecule has 1 heterocycles. The van der Waals surface area contributed by atoms with Crippen LogP contribution in [0.2, 0.25) is 0 Å². The lowest BCUT2D eigenvalue weighted by atomic mass is 9.96. The normalized spacial score (nSPS) is 22.2. The SMILES string of the molecule is COCCC(C)(O)CNC(=O)C1CCCN(C(C)=O)C1. The molecule has 6 nitrogen and oxygen atoms in total. The average Bonchev–Trinajstić information content (AvgIpc) is 2.43. The van der Waals surface area contributed by atoms with Crippen molar-refractivity contribution in [1.29, 1.82) is 0 Å². The summed E-state index contributed by atoms with van der Waals surface area (Å²) in [5, 5.41) is 12.9. The number of rotatable bonds is 6. The van der Waals surface area contributed by atoms with Crippen LogP contribution in [0.1, 0.15) is 33.1 Å². The predicted molar refractivity (Wildman–Crippen MR) is 75.1 cm³/mol. The first-order valence-electron chi connectivity index (χ1n) is 7.10. The van der Waals surface area contributed by atoms with E-state index in [0.717, 1.165) is 19.4 Å². The van der Waals surface area contributed by atoms with Crippen molar-refractivity contribution < 1.29 is 19.4 Å². The molecule has 1 saturated heterocycles. The fourth-order valence-electron chi connectivity index (χ4n) is 2.31. The molecule has 1 aliphatic rings. The van der Waals surface area contributed by atoms with E-state index < -0.39 is 5.60 Å². The van der Waals surface area contributed by atoms with Crippen LogP contribution in [0.4, 0.5) is 0 Å². The molecule has 0 aromatic rings. The van der Waals surface area contributed by atoms with Gasteiger partial charge in [0, 0.05) is 46.7 Å². The minimum atomic E-state index is -0.972. The highest BCUT2D eigenvalue weighted by Crippen LogP contribution is 2.17. The molecule has 2 N–H and O–H groups in total. The first-order valence-corrected chi connectivity index (χ1v) is 7.10. The van der Waals surface area contributed by atoms with Crippen LogP contribution in [0.5, 0.6) is 0 Å². The molecule has 116 valence electrons. The van der Waals surface area contributed by atoms with Gasteiger partial charge in [0.1, 0.15) is 0 Å². The van der Waals surface area contributed by atoms with E-state index in [1.165, 1.54) is 6.92 Å². The van der Waals surface area contributed by atoms with Crippen molar-refractivity contribution in [2.75, 3.05) is 33.4 Å². The van der Waals surface area contributed by atoms with Crippen LogP contribution in [-0.4, -0.2) is 60.8 Å². The van der Waals surface area contributed by atoms with E-state index in [1.54, 1.807) is 18.9 Å². The summed E-state index contributed by atoms with van der Waals surface area (Å²) in [4.78, 5) is 25.1. The molecule has 1 fully saturated rings. The summed E-state index contributed by atoms with van der Waals surface area (Å²) in [5.74, 6) is -0.255. The van der Waals surface area contributed by atoms with E-state index in [-0.39, 0.29) is 24.3 Å². The first-order chi connectivity index (χ1) is 9.35. The quantitative estimate of drug-likeness (QED) is 0.728. The average molecular weight is 286 g/mol. The number of amides is 2. The molecule has 20 heavy (non-hydrogen) atoms. The van der Waals surface area contributed by atoms with E-state index in [1.807, 2.05) is 0 Å². The molecule has 0 aromatic heterocycles. The van der Waals surface area contributed by atoms with Crippen LogP contribution < -0.4 is 5.32 Å². The first kappa shape index (κ1) is 16.9. The maximum Gasteiger partial charge on any atom is 0.225 e. The zero-order valence-electron chi connectivity index (χ0n) is 12.6. The van der Waals surface area contributed by atoms with Gasteiger partial charge in [0.2, 0.25) is 11.8 Å². The Hall–Kier alpha value is -1.14. The summed E-state index contributed by atoms with van der Waals surface area (Å²) >= 11 is 0. The van der Waals surface area contributed by atoms with Crippen molar-refractivity contribution in [3.8, 4) is 0 Å². The molecule has 0 radical (unpaired) electrons. The molecule has 6 heteroatoms. The summed E-state index contributed by atoms with van der Waals surface area (Å²) < 4.78 is 4.92. The zero-order valence-corrected chi connectivity index (χ0v) is 12.6. The molecule has 1 rings (SSSR count). The molecule has 0 spiro atoms. The molecule has 0 saturated carbocycles. The Morgan fingerprint density at radius 1 is 1.50 bits per heavy atom. The Kier molecular flexibility index (Phi) is 6.42. The Bertz CT molecular complexity index is 344. The number of carbonyl (C=O) groups is 2. The van der Waals surface area contributed by atoms with Gasteiger partial charge < -0.3 is 20.1 Å². The number of nitrogens with one attached hydrogen (secondary N) is 1. The monoisotopic (exact) mass is 286 g/mol. The summed E-state index contributed by atoms with van der Waals surface area (Å²) in [6.45, 7) is 5.05. The van der Waals surface area contributed by atoms with E-state index in [4.69, 9.17) is 4.74 Å². The third-order valence-electron chi connectivity index (χ3n) is 3.73. The molecule has 0 aliphatic carbocycles. The number of aliphatic hydroxyl groups is 1. The Labute approximate surface area is 120 Å². The predicted octanol–water partition coefficient (Wildman–Crippen LogP) is 0.149. The largest absolute Gasteiger partial charge is 0.388 e. The second-order valence-corrected chi connectivity index (χ2v) is 5.76. The van der Waals surface area contributed by atoms with Crippen molar-refractivity contribution in [2.24, 2.45) is 5.92 Å². The summed E-state index contributed by atoms with van der Waals surface area (Å²) in [6, 6.07) is 0. The van der Waals surface area contributed by atoms with Gasteiger partial charge in [-0.3, -0.25) is 9.59 Å². The van der Waals surface area contributed by atoms with Crippen molar-refractivity contribution >= 4 is 11.8 Å². The lowest BCUT2D eigenvalue weighted by Gasteiger charge is -2.32. The number of hydrogen-bond donors (Lipinski definition) is 2. The molecule has 0 aromatic carbocycles. The van der Waals surface area contributed by atoms with E-state index in [9.17, 15) is 14.7 Å². The van der Waals surface area contributed by atoms with E-state index in [2.05, 4.69) is 5.32 Å². The summed E-state index contributed by atoms with van der Waals surface area (Å²) in [5.41, 5.74) is -0.972. The molecule has 2 unspecified atom stereocenters. The fourth-order valence-corrected chi connectivity index (χ4v) is 2.31. The van der Waals surface area contributed by atoms with Crippen molar-refractivity contribution in [2.45, 2.75) is 38.7 Å². The molecule has 2 amide bonds. The standard InChI is InChI=1S/C14H26N2O4/c1-11(17)16-7-4-5-12(9-16)13(18)15-10-14(2,19)6-8-20-3/h12,19H,4-10H2,1-3H3,(H,15,18). The Morgan fingerprint density at radius 3 is 2.80 bits per heavy atom. The maximum absolute atomic E-state index is 12.1. The number of likely N-dealkylation sites (tertiary alicyclic amines) is 1. The second kappa shape index (κ2) is 7.59. The smallest absolute Gasteiger partial charge is 0.225 e. The lowest BCUT2D eigenvalue weighted by Crippen LogP contribution is -2.48. The van der Waals surface area contributed by atoms with Crippen LogP contribution in [0.25, 0.3) is 0 Å². The lowest BCUT2D eigenvalue weighted by molar-refractivity contribution is -0.134. The van der Waals surface area contributed by atoms with Gasteiger partial charge in [0.15, 0.2) is 0 Å². The minimum Gasteiger partial charge on any atom is -0.388 e. The van der Waals surface area contributed by atoms with Crippen LogP contribution in [0.3, 0.4) is 0 Å². The summed E-state index contributed by atoms with van der Waals surface area (Å²) in [6.07, 6.45) is 2.10. The third-order valence-corrected chi connectivity index (χ3v) is 3.73. The summed E-state index contributed by atoms with van der Waals surface area (Å²) in [7, 11) is 1.58. The number of carbonyl (C=O) groups excluding carboxylic acids is 2. The topological polar surface area (TPSA) is 78.9 Å².